The number of ether oxygens (including phenoxy) is 3. The lowest BCUT2D eigenvalue weighted by Crippen LogP contribution is -2.62. The number of carbonyl (C=O) groups excluding carboxylic acids is 3. The van der Waals surface area contributed by atoms with Gasteiger partial charge in [0.25, 0.3) is 17.7 Å². The quantitative estimate of drug-likeness (QED) is 0.0211. The van der Waals surface area contributed by atoms with Crippen LogP contribution in [0.15, 0.2) is 102 Å². The molecule has 0 aromatic heterocycles. The lowest BCUT2D eigenvalue weighted by Gasteiger charge is -2.43. The fraction of sp³-hybridized carbons (Fsp3) is 0.423. The average molecular weight is 2030 g/mol. The number of amides is 3. The molecule has 0 aliphatic carbocycles. The number of benzene rings is 6. The van der Waals surface area contributed by atoms with Crippen LogP contribution in [0.4, 0.5) is 17.1 Å². The highest BCUT2D eigenvalue weighted by Crippen LogP contribution is 2.49. The predicted molar refractivity (Wildman–Crippen MR) is 488 cm³/mol. The molecule has 0 radical (unpaired) electrons. The summed E-state index contributed by atoms with van der Waals surface area (Å²) in [5, 5.41) is 38.9. The third-order valence-corrected chi connectivity index (χ3v) is 26.9. The van der Waals surface area contributed by atoms with E-state index in [1.807, 2.05) is 21.1 Å². The van der Waals surface area contributed by atoms with Gasteiger partial charge in [-0.2, -0.15) is 15.0 Å². The molecule has 6 aromatic carbocycles. The maximum atomic E-state index is 13.4. The number of aryl methyl sites for hydroxylation is 3. The predicted octanol–water partition coefficient (Wildman–Crippen LogP) is 1.69. The Kier molecular flexibility index (Phi) is 36.7. The van der Waals surface area contributed by atoms with Crippen LogP contribution in [0.25, 0.3) is 0 Å². The van der Waals surface area contributed by atoms with Crippen molar-refractivity contribution in [1.29, 1.82) is 0 Å². The van der Waals surface area contributed by atoms with Crippen molar-refractivity contribution in [2.45, 2.75) is 52.7 Å². The third-order valence-electron chi connectivity index (χ3n) is 21.1. The van der Waals surface area contributed by atoms with Crippen LogP contribution in [0.5, 0.6) is 34.5 Å². The number of aliphatic imine (C=N–C) groups is 3. The zero-order valence-corrected chi connectivity index (χ0v) is 80.3. The van der Waals surface area contributed by atoms with E-state index in [0.717, 1.165) is 78.5 Å². The first-order valence-electron chi connectivity index (χ1n) is 39.6. The number of rotatable bonds is 21. The molecule has 0 atom stereocenters. The number of halogens is 3. The molecule has 0 bridgehead atoms. The molecular weight excluding hydrogens is 1920 g/mol. The molecular formula is C78H105Cl3N18O27S6. The van der Waals surface area contributed by atoms with Gasteiger partial charge in [-0.3, -0.25) is 29.1 Å². The van der Waals surface area contributed by atoms with E-state index in [1.165, 1.54) is 36.4 Å². The second kappa shape index (κ2) is 44.6. The molecule has 0 saturated carbocycles. The molecule has 3 amide bonds. The second-order valence-corrected chi connectivity index (χ2v) is 43.6. The maximum absolute atomic E-state index is 13.4. The normalized spacial score (nSPS) is 16.9. The largest absolute Gasteiger partial charge is 0.748 e. The van der Waals surface area contributed by atoms with Crippen LogP contribution in [-0.4, -0.2) is 338 Å². The molecule has 45 nitrogen and oxygen atoms in total. The van der Waals surface area contributed by atoms with Crippen molar-refractivity contribution >= 4 is 165 Å². The van der Waals surface area contributed by atoms with Gasteiger partial charge in [-0.05, 0) is 131 Å². The molecule has 6 aromatic rings. The fourth-order valence-electron chi connectivity index (χ4n) is 14.8. The van der Waals surface area contributed by atoms with E-state index in [9.17, 15) is 69.3 Å². The highest BCUT2D eigenvalue weighted by Gasteiger charge is 2.40. The number of piperazine rings is 3. The molecule has 6 aliphatic rings. The van der Waals surface area contributed by atoms with Crippen molar-refractivity contribution < 1.29 is 136 Å². The van der Waals surface area contributed by atoms with Crippen LogP contribution in [0.3, 0.4) is 0 Å². The summed E-state index contributed by atoms with van der Waals surface area (Å²) < 4.78 is 182. The number of aliphatic carboxylic acids is 3. The minimum atomic E-state index is -3.95. The molecule has 0 spiro atoms. The molecule has 3 fully saturated rings. The first-order valence-corrected chi connectivity index (χ1v) is 51.1. The summed E-state index contributed by atoms with van der Waals surface area (Å²) in [4.78, 5) is 88.3. The Balaban J connectivity index is 0.000000250. The van der Waals surface area contributed by atoms with Crippen LogP contribution in [0.2, 0.25) is 15.1 Å². The van der Waals surface area contributed by atoms with E-state index in [0.29, 0.717) is 122 Å². The van der Waals surface area contributed by atoms with Crippen molar-refractivity contribution in [2.24, 2.45) is 49.4 Å². The Morgan fingerprint density at radius 1 is 0.394 bits per heavy atom. The number of sulfone groups is 3. The summed E-state index contributed by atoms with van der Waals surface area (Å²) in [5.41, 5.74) is 35.8. The SMILES string of the molecule is CS(=O)(=O)[O-].CS(=O)(=O)[O-].CS(=O)(=O)[O-].Cc1cc(C(=O)N=C(N)N)cc2c1Oc1c(Cl)cc(NCC[N+]3(CC(=O)O)CCN(C)CC3)cc1CS2(=O)=O.Cc1cc(C(=O)N=C(N)N)cc2c1Oc1c(Cl)cc(NCC[N+]3(CC(=O)O)CCN(C)CC3)cc1CS2(=O)=O.Cc1cc(C(=O)N=C(N)N)cc2c1Oc1c(Cl)cc(NCC[N+]3(CC(=O)O)CCN(C)CC3)cc1CS2(=O)=O. The van der Waals surface area contributed by atoms with Gasteiger partial charge in [-0.1, -0.05) is 34.8 Å². The Morgan fingerprint density at radius 2 is 0.598 bits per heavy atom. The van der Waals surface area contributed by atoms with E-state index >= 15 is 0 Å². The fourth-order valence-corrected chi connectivity index (χ4v) is 20.4. The van der Waals surface area contributed by atoms with E-state index in [4.69, 9.17) is 122 Å². The van der Waals surface area contributed by atoms with Gasteiger partial charge in [-0.25, -0.2) is 64.9 Å². The summed E-state index contributed by atoms with van der Waals surface area (Å²) in [6.07, 6.45) is 1.81. The number of carboxylic acids is 3. The zero-order valence-electron chi connectivity index (χ0n) is 73.1. The monoisotopic (exact) mass is 2020 g/mol. The highest BCUT2D eigenvalue weighted by molar-refractivity contribution is 7.91. The molecule has 18 N–H and O–H groups in total. The number of hydrogen-bond donors (Lipinski definition) is 12. The number of carboxylic acid groups (broad SMARTS) is 3. The summed E-state index contributed by atoms with van der Waals surface area (Å²) in [5.74, 6) is -6.50. The van der Waals surface area contributed by atoms with Crippen molar-refractivity contribution in [3.63, 3.8) is 0 Å². The number of nitrogens with one attached hydrogen (secondary N) is 3. The van der Waals surface area contributed by atoms with Crippen LogP contribution < -0.4 is 64.6 Å². The Hall–Kier alpha value is -10.4. The maximum Gasteiger partial charge on any atom is 0.359 e. The van der Waals surface area contributed by atoms with E-state index in [1.54, 1.807) is 57.2 Å². The van der Waals surface area contributed by atoms with Gasteiger partial charge in [0.2, 0.25) is 0 Å². The van der Waals surface area contributed by atoms with E-state index < -0.39 is 131 Å². The Morgan fingerprint density at radius 3 is 0.788 bits per heavy atom. The van der Waals surface area contributed by atoms with Crippen molar-refractivity contribution in [3.05, 3.63) is 138 Å². The molecule has 3 saturated heterocycles. The minimum absolute atomic E-state index is 0.00792. The summed E-state index contributed by atoms with van der Waals surface area (Å²) in [6.45, 7) is 17.4. The molecule has 6 aliphatic heterocycles. The lowest BCUT2D eigenvalue weighted by molar-refractivity contribution is -0.923. The molecule has 726 valence electrons. The van der Waals surface area contributed by atoms with Crippen LogP contribution >= 0.6 is 34.8 Å². The number of quaternary nitrogens is 3. The third kappa shape index (κ3) is 32.7. The van der Waals surface area contributed by atoms with Crippen molar-refractivity contribution in [1.82, 2.24) is 14.7 Å². The number of carbonyl (C=O) groups is 6. The first-order chi connectivity index (χ1) is 60.8. The molecule has 6 heterocycles. The standard InChI is InChI=1S/3C25H31ClN6O6S.3CH4O3S/c3*1-15-9-16(24(35)30-25(27)28)11-20-22(15)38-23-17(14-39(20,36)37)10-18(12-19(23)26)29-3-6-32(13-21(33)34)7-4-31(2)5-8-32;3*1-5(2,3)4/h3*9-12,29H,3-8,13-14H2,1-2H3,(H4-,27,28,30,33,34,35);3*1H3,(H,2,3,4). The summed E-state index contributed by atoms with van der Waals surface area (Å²) in [6, 6.07) is 17.9. The number of nitrogens with two attached hydrogens (primary N) is 6. The summed E-state index contributed by atoms with van der Waals surface area (Å²) >= 11 is 19.7. The van der Waals surface area contributed by atoms with Gasteiger partial charge in [0.05, 0.1) is 141 Å². The number of nitrogens with zero attached hydrogens (tertiary/aromatic N) is 9. The highest BCUT2D eigenvalue weighted by atomic mass is 35.5. The van der Waals surface area contributed by atoms with Gasteiger partial charge in [-0.15, -0.1) is 0 Å². The van der Waals surface area contributed by atoms with Gasteiger partial charge in [0, 0.05) is 108 Å². The van der Waals surface area contributed by atoms with E-state index in [-0.39, 0.29) is 101 Å². The molecule has 54 heteroatoms. The summed E-state index contributed by atoms with van der Waals surface area (Å²) in [7, 11) is -17.5. The van der Waals surface area contributed by atoms with Gasteiger partial charge in [0.1, 0.15) is 49.2 Å². The topological polar surface area (TPSA) is 704 Å². The molecule has 132 heavy (non-hydrogen) atoms. The van der Waals surface area contributed by atoms with Gasteiger partial charge >= 0.3 is 17.9 Å². The van der Waals surface area contributed by atoms with Crippen molar-refractivity contribution in [3.8, 4) is 34.5 Å². The van der Waals surface area contributed by atoms with Gasteiger partial charge < -0.3 is 107 Å². The lowest BCUT2D eigenvalue weighted by atomic mass is 10.1. The number of hydrogen-bond acceptors (Lipinski definition) is 30. The van der Waals surface area contributed by atoms with Gasteiger partial charge in [0.15, 0.2) is 67.0 Å². The number of guanidine groups is 3. The minimum Gasteiger partial charge on any atom is -0.748 e. The first kappa shape index (κ1) is 109. The number of fused-ring (bicyclic) bond motifs is 6. The zero-order chi connectivity index (χ0) is 99.1. The number of likely N-dealkylation sites (N-methyl/N-ethyl adjacent to an activating group) is 3. The van der Waals surface area contributed by atoms with Crippen LogP contribution in [0, 0.1) is 20.8 Å². The van der Waals surface area contributed by atoms with E-state index in [2.05, 4.69) is 45.6 Å². The number of anilines is 3. The van der Waals surface area contributed by atoms with Crippen LogP contribution in [0.1, 0.15) is 64.5 Å². The Labute approximate surface area is 778 Å². The molecule has 0 unspecified atom stereocenters. The molecule has 12 rings (SSSR count). The average Bonchev–Trinajstić information content (AvgIpc) is 1.60. The van der Waals surface area contributed by atoms with Crippen molar-refractivity contribution in [2.75, 3.05) is 193 Å². The second-order valence-electron chi connectivity index (χ2n) is 32.3. The van der Waals surface area contributed by atoms with Crippen LogP contribution in [-0.2, 0) is 91.5 Å². The Bertz CT molecular complexity index is 5630. The smallest absolute Gasteiger partial charge is 0.359 e.